The maximum absolute atomic E-state index is 11.9. The number of hydrogen-bond acceptors (Lipinski definition) is 5. The molecule has 0 atom stereocenters. The minimum atomic E-state index is -0.508. The summed E-state index contributed by atoms with van der Waals surface area (Å²) in [7, 11) is 1.28. The van der Waals surface area contributed by atoms with Gasteiger partial charge in [0.15, 0.2) is 0 Å². The van der Waals surface area contributed by atoms with Crippen LogP contribution in [0.4, 0.5) is 0 Å². The molecule has 2 N–H and O–H groups in total. The molecule has 0 aliphatic heterocycles. The van der Waals surface area contributed by atoms with Crippen molar-refractivity contribution in [1.29, 1.82) is 0 Å². The monoisotopic (exact) mass is 315 g/mol. The number of nitrogens with zero attached hydrogens (tertiary/aromatic N) is 1. The van der Waals surface area contributed by atoms with E-state index in [9.17, 15) is 14.4 Å². The van der Waals surface area contributed by atoms with Crippen LogP contribution in [-0.2, 0) is 22.5 Å². The molecule has 0 saturated heterocycles. The molecule has 0 aliphatic carbocycles. The van der Waals surface area contributed by atoms with Gasteiger partial charge in [-0.25, -0.2) is 4.79 Å². The predicted molar refractivity (Wildman–Crippen MR) is 83.0 cm³/mol. The summed E-state index contributed by atoms with van der Waals surface area (Å²) < 4.78 is 4.64. The molecule has 1 amide bonds. The van der Waals surface area contributed by atoms with Gasteiger partial charge in [-0.15, -0.1) is 0 Å². The van der Waals surface area contributed by atoms with Gasteiger partial charge in [-0.2, -0.15) is 0 Å². The van der Waals surface area contributed by atoms with E-state index in [-0.39, 0.29) is 17.0 Å². The van der Waals surface area contributed by atoms with E-state index in [2.05, 4.69) is 20.0 Å². The summed E-state index contributed by atoms with van der Waals surface area (Å²) in [6.45, 7) is 1.79. The first-order valence-corrected chi connectivity index (χ1v) is 6.97. The molecule has 2 rings (SSSR count). The molecule has 7 heteroatoms. The highest BCUT2D eigenvalue weighted by molar-refractivity contribution is 5.89. The smallest absolute Gasteiger partial charge is 0.339 e. The number of rotatable bonds is 5. The lowest BCUT2D eigenvalue weighted by molar-refractivity contribution is -0.119. The minimum Gasteiger partial charge on any atom is -0.465 e. The fourth-order valence-corrected chi connectivity index (χ4v) is 2.00. The number of aromatic amines is 1. The van der Waals surface area contributed by atoms with Crippen molar-refractivity contribution in [2.24, 2.45) is 0 Å². The Morgan fingerprint density at radius 1 is 1.35 bits per heavy atom. The lowest BCUT2D eigenvalue weighted by Crippen LogP contribution is -2.19. The van der Waals surface area contributed by atoms with Crippen molar-refractivity contribution in [2.75, 3.05) is 7.11 Å². The van der Waals surface area contributed by atoms with Crippen molar-refractivity contribution in [2.45, 2.75) is 19.9 Å². The summed E-state index contributed by atoms with van der Waals surface area (Å²) in [6.07, 6.45) is 3.31. The highest BCUT2D eigenvalue weighted by Gasteiger charge is 2.10. The third-order valence-corrected chi connectivity index (χ3v) is 3.20. The van der Waals surface area contributed by atoms with Gasteiger partial charge < -0.3 is 15.0 Å². The molecule has 0 fully saturated rings. The average molecular weight is 315 g/mol. The lowest BCUT2D eigenvalue weighted by Gasteiger charge is -2.05. The number of methoxy groups -OCH3 is 1. The zero-order valence-corrected chi connectivity index (χ0v) is 12.9. The van der Waals surface area contributed by atoms with E-state index >= 15 is 0 Å². The number of aromatic nitrogens is 2. The molecule has 0 aliphatic rings. The van der Waals surface area contributed by atoms with Crippen LogP contribution >= 0.6 is 0 Å². The van der Waals surface area contributed by atoms with Crippen LogP contribution in [0.1, 0.15) is 34.1 Å². The van der Waals surface area contributed by atoms with Crippen molar-refractivity contribution in [3.05, 3.63) is 63.3 Å². The van der Waals surface area contributed by atoms with Crippen LogP contribution in [0, 0.1) is 0 Å². The molecule has 2 heterocycles. The molecule has 23 heavy (non-hydrogen) atoms. The van der Waals surface area contributed by atoms with E-state index in [1.165, 1.54) is 26.3 Å². The molecular formula is C16H17N3O4. The fraction of sp³-hybridized carbons (Fsp3) is 0.250. The highest BCUT2D eigenvalue weighted by atomic mass is 16.5. The van der Waals surface area contributed by atoms with Crippen LogP contribution in [-0.4, -0.2) is 29.0 Å². The molecule has 120 valence electrons. The van der Waals surface area contributed by atoms with Crippen LogP contribution in [0.15, 0.2) is 35.4 Å². The second-order valence-electron chi connectivity index (χ2n) is 4.98. The highest BCUT2D eigenvalue weighted by Crippen LogP contribution is 2.08. The number of amides is 1. The summed E-state index contributed by atoms with van der Waals surface area (Å²) in [5.74, 6) is -0.631. The number of H-pyrrole nitrogens is 1. The fourth-order valence-electron chi connectivity index (χ4n) is 2.00. The topological polar surface area (TPSA) is 101 Å². The van der Waals surface area contributed by atoms with E-state index < -0.39 is 5.97 Å². The lowest BCUT2D eigenvalue weighted by atomic mass is 10.1. The zero-order valence-electron chi connectivity index (χ0n) is 12.9. The van der Waals surface area contributed by atoms with Crippen molar-refractivity contribution in [3.8, 4) is 0 Å². The molecule has 0 bridgehead atoms. The van der Waals surface area contributed by atoms with Gasteiger partial charge in [0.05, 0.1) is 24.9 Å². The van der Waals surface area contributed by atoms with Crippen LogP contribution < -0.4 is 10.9 Å². The Hall–Kier alpha value is -2.96. The summed E-state index contributed by atoms with van der Waals surface area (Å²) in [5, 5.41) is 2.66. The summed E-state index contributed by atoms with van der Waals surface area (Å²) in [4.78, 5) is 41.0. The summed E-state index contributed by atoms with van der Waals surface area (Å²) in [5.41, 5.74) is 2.02. The maximum Gasteiger partial charge on any atom is 0.339 e. The molecule has 0 unspecified atom stereocenters. The average Bonchev–Trinajstić information content (AvgIpc) is 2.55. The molecule has 0 saturated carbocycles. The minimum absolute atomic E-state index is 0.123. The predicted octanol–water partition coefficient (Wildman–Crippen LogP) is 0.783. The molecule has 0 spiro atoms. The van der Waals surface area contributed by atoms with Gasteiger partial charge in [0, 0.05) is 31.3 Å². The normalized spacial score (nSPS) is 10.2. The van der Waals surface area contributed by atoms with Gasteiger partial charge in [-0.05, 0) is 17.7 Å². The number of carbonyl (C=O) groups is 2. The Labute approximate surface area is 132 Å². The van der Waals surface area contributed by atoms with Gasteiger partial charge in [-0.3, -0.25) is 14.6 Å². The van der Waals surface area contributed by atoms with Crippen molar-refractivity contribution >= 4 is 11.9 Å². The van der Waals surface area contributed by atoms with Gasteiger partial charge >= 0.3 is 5.97 Å². The van der Waals surface area contributed by atoms with Crippen molar-refractivity contribution < 1.29 is 14.3 Å². The molecule has 2 aromatic heterocycles. The zero-order chi connectivity index (χ0) is 16.8. The Morgan fingerprint density at radius 2 is 2.13 bits per heavy atom. The molecule has 2 aromatic rings. The summed E-state index contributed by atoms with van der Waals surface area (Å²) in [6, 6.07) is 5.12. The number of esters is 1. The van der Waals surface area contributed by atoms with E-state index in [4.69, 9.17) is 0 Å². The largest absolute Gasteiger partial charge is 0.465 e. The van der Waals surface area contributed by atoms with Crippen LogP contribution in [0.3, 0.4) is 0 Å². The van der Waals surface area contributed by atoms with Gasteiger partial charge in [0.1, 0.15) is 0 Å². The Kier molecular flexibility index (Phi) is 5.24. The Balaban J connectivity index is 2.14. The third-order valence-electron chi connectivity index (χ3n) is 3.20. The standard InChI is InChI=1S/C16H17N3O4/c1-10(20)17-9-14-4-3-11(7-18-14)5-12-6-13(16(22)23-2)8-19-15(12)21/h3-4,6-8H,5,9H2,1-2H3,(H,17,20)(H,19,21). The van der Waals surface area contributed by atoms with Crippen LogP contribution in [0.5, 0.6) is 0 Å². The van der Waals surface area contributed by atoms with E-state index in [0.29, 0.717) is 18.5 Å². The SMILES string of the molecule is COC(=O)c1c[nH]c(=O)c(Cc2ccc(CNC(C)=O)nc2)c1. The van der Waals surface area contributed by atoms with E-state index in [1.807, 2.05) is 6.07 Å². The first kappa shape index (κ1) is 16.4. The van der Waals surface area contributed by atoms with E-state index in [1.54, 1.807) is 12.3 Å². The Bertz CT molecular complexity index is 766. The Morgan fingerprint density at radius 3 is 2.74 bits per heavy atom. The van der Waals surface area contributed by atoms with Crippen molar-refractivity contribution in [3.63, 3.8) is 0 Å². The second kappa shape index (κ2) is 7.35. The quantitative estimate of drug-likeness (QED) is 0.794. The number of nitrogens with one attached hydrogen (secondary N) is 2. The van der Waals surface area contributed by atoms with Crippen LogP contribution in [0.25, 0.3) is 0 Å². The van der Waals surface area contributed by atoms with Gasteiger partial charge in [0.25, 0.3) is 5.56 Å². The number of pyridine rings is 2. The maximum atomic E-state index is 11.9. The van der Waals surface area contributed by atoms with Crippen LogP contribution in [0.2, 0.25) is 0 Å². The second-order valence-corrected chi connectivity index (χ2v) is 4.98. The number of hydrogen-bond donors (Lipinski definition) is 2. The first-order valence-electron chi connectivity index (χ1n) is 6.97. The third kappa shape index (κ3) is 4.50. The molecule has 7 nitrogen and oxygen atoms in total. The van der Waals surface area contributed by atoms with Crippen molar-refractivity contribution in [1.82, 2.24) is 15.3 Å². The van der Waals surface area contributed by atoms with Gasteiger partial charge in [0.2, 0.25) is 5.91 Å². The number of ether oxygens (including phenoxy) is 1. The first-order chi connectivity index (χ1) is 11.0. The summed E-state index contributed by atoms with van der Waals surface area (Å²) >= 11 is 0. The molecule has 0 radical (unpaired) electrons. The molecular weight excluding hydrogens is 298 g/mol. The number of carbonyl (C=O) groups excluding carboxylic acids is 2. The van der Waals surface area contributed by atoms with E-state index in [0.717, 1.165) is 11.3 Å². The molecule has 0 aromatic carbocycles. The van der Waals surface area contributed by atoms with Gasteiger partial charge in [-0.1, -0.05) is 6.07 Å².